The first-order chi connectivity index (χ1) is 8.42. The predicted molar refractivity (Wildman–Crippen MR) is 67.2 cm³/mol. The lowest BCUT2D eigenvalue weighted by atomic mass is 10.2. The second-order valence-corrected chi connectivity index (χ2v) is 3.67. The fourth-order valence-electron chi connectivity index (χ4n) is 1.60. The Bertz CT molecular complexity index is 657. The zero-order valence-electron chi connectivity index (χ0n) is 9.08. The number of benzene rings is 1. The maximum atomic E-state index is 4.99. The van der Waals surface area contributed by atoms with Crippen LogP contribution in [0.1, 0.15) is 11.3 Å². The molecule has 0 unspecified atom stereocenters. The summed E-state index contributed by atoms with van der Waals surface area (Å²) < 4.78 is 4.99. The standard InChI is InChI=1S/C14H10N2O/c1-2-4-14-13(3-1)15-9-12(16-14)6-5-11-7-8-17-10-11/h1-10H. The third kappa shape index (κ3) is 2.08. The van der Waals surface area contributed by atoms with E-state index < -0.39 is 0 Å². The maximum Gasteiger partial charge on any atom is 0.0974 e. The summed E-state index contributed by atoms with van der Waals surface area (Å²) in [5.41, 5.74) is 3.67. The highest BCUT2D eigenvalue weighted by atomic mass is 16.3. The summed E-state index contributed by atoms with van der Waals surface area (Å²) in [5, 5.41) is 0. The van der Waals surface area contributed by atoms with Crippen molar-refractivity contribution < 1.29 is 4.42 Å². The molecule has 2 heterocycles. The van der Waals surface area contributed by atoms with E-state index in [0.717, 1.165) is 22.3 Å². The Kier molecular flexibility index (Phi) is 2.43. The minimum absolute atomic E-state index is 0.838. The van der Waals surface area contributed by atoms with Crippen LogP contribution in [0.25, 0.3) is 23.2 Å². The van der Waals surface area contributed by atoms with Gasteiger partial charge in [-0.05, 0) is 30.4 Å². The number of aromatic nitrogens is 2. The van der Waals surface area contributed by atoms with Gasteiger partial charge in [-0.15, -0.1) is 0 Å². The molecule has 0 aliphatic carbocycles. The van der Waals surface area contributed by atoms with E-state index in [0.29, 0.717) is 0 Å². The molecule has 0 fully saturated rings. The predicted octanol–water partition coefficient (Wildman–Crippen LogP) is 3.39. The second kappa shape index (κ2) is 4.22. The molecular weight excluding hydrogens is 212 g/mol. The first-order valence-corrected chi connectivity index (χ1v) is 5.34. The van der Waals surface area contributed by atoms with E-state index in [1.165, 1.54) is 0 Å². The largest absolute Gasteiger partial charge is 0.472 e. The molecule has 0 saturated heterocycles. The highest BCUT2D eigenvalue weighted by Crippen LogP contribution is 2.11. The van der Waals surface area contributed by atoms with Gasteiger partial charge in [0.2, 0.25) is 0 Å². The van der Waals surface area contributed by atoms with Crippen LogP contribution in [0.3, 0.4) is 0 Å². The van der Waals surface area contributed by atoms with Crippen LogP contribution in [-0.4, -0.2) is 9.97 Å². The van der Waals surface area contributed by atoms with Crippen LogP contribution >= 0.6 is 0 Å². The Morgan fingerprint density at radius 3 is 2.71 bits per heavy atom. The van der Waals surface area contributed by atoms with Gasteiger partial charge in [0.1, 0.15) is 0 Å². The molecule has 3 nitrogen and oxygen atoms in total. The minimum Gasteiger partial charge on any atom is -0.472 e. The van der Waals surface area contributed by atoms with Crippen LogP contribution < -0.4 is 0 Å². The van der Waals surface area contributed by atoms with Gasteiger partial charge in [0.25, 0.3) is 0 Å². The number of hydrogen-bond acceptors (Lipinski definition) is 3. The van der Waals surface area contributed by atoms with E-state index in [1.54, 1.807) is 18.7 Å². The van der Waals surface area contributed by atoms with Gasteiger partial charge >= 0.3 is 0 Å². The lowest BCUT2D eigenvalue weighted by Crippen LogP contribution is -1.86. The Morgan fingerprint density at radius 2 is 1.88 bits per heavy atom. The van der Waals surface area contributed by atoms with Crippen molar-refractivity contribution in [1.29, 1.82) is 0 Å². The summed E-state index contributed by atoms with van der Waals surface area (Å²) >= 11 is 0. The van der Waals surface area contributed by atoms with Crippen molar-refractivity contribution in [2.75, 3.05) is 0 Å². The lowest BCUT2D eigenvalue weighted by Gasteiger charge is -1.96. The van der Waals surface area contributed by atoms with Crippen LogP contribution in [0.2, 0.25) is 0 Å². The number of furan rings is 1. The topological polar surface area (TPSA) is 38.9 Å². The van der Waals surface area contributed by atoms with Crippen LogP contribution in [0.5, 0.6) is 0 Å². The van der Waals surface area contributed by atoms with E-state index in [2.05, 4.69) is 9.97 Å². The Morgan fingerprint density at radius 1 is 1.00 bits per heavy atom. The third-order valence-corrected chi connectivity index (χ3v) is 2.46. The van der Waals surface area contributed by atoms with Gasteiger partial charge in [-0.25, -0.2) is 4.98 Å². The molecule has 3 heteroatoms. The number of hydrogen-bond donors (Lipinski definition) is 0. The number of fused-ring (bicyclic) bond motifs is 1. The molecule has 0 atom stereocenters. The highest BCUT2D eigenvalue weighted by molar-refractivity contribution is 5.76. The first-order valence-electron chi connectivity index (χ1n) is 5.34. The van der Waals surface area contributed by atoms with E-state index >= 15 is 0 Å². The number of nitrogens with zero attached hydrogens (tertiary/aromatic N) is 2. The monoisotopic (exact) mass is 222 g/mol. The van der Waals surface area contributed by atoms with Gasteiger partial charge in [0.05, 0.1) is 35.5 Å². The van der Waals surface area contributed by atoms with E-state index in [-0.39, 0.29) is 0 Å². The number of rotatable bonds is 2. The van der Waals surface area contributed by atoms with Crippen molar-refractivity contribution in [2.24, 2.45) is 0 Å². The summed E-state index contributed by atoms with van der Waals surface area (Å²) in [6.45, 7) is 0. The maximum absolute atomic E-state index is 4.99. The summed E-state index contributed by atoms with van der Waals surface area (Å²) in [5.74, 6) is 0. The fraction of sp³-hybridized carbons (Fsp3) is 0. The fourth-order valence-corrected chi connectivity index (χ4v) is 1.60. The minimum atomic E-state index is 0.838. The van der Waals surface area contributed by atoms with Crippen molar-refractivity contribution in [3.05, 3.63) is 60.3 Å². The molecule has 82 valence electrons. The van der Waals surface area contributed by atoms with Crippen molar-refractivity contribution in [1.82, 2.24) is 9.97 Å². The highest BCUT2D eigenvalue weighted by Gasteiger charge is 1.96. The van der Waals surface area contributed by atoms with E-state index in [4.69, 9.17) is 4.42 Å². The molecule has 0 aliphatic heterocycles. The molecule has 0 radical (unpaired) electrons. The van der Waals surface area contributed by atoms with Gasteiger partial charge in [0, 0.05) is 5.56 Å². The third-order valence-electron chi connectivity index (χ3n) is 2.46. The summed E-state index contributed by atoms with van der Waals surface area (Å²) in [4.78, 5) is 8.84. The molecule has 3 aromatic rings. The quantitative estimate of drug-likeness (QED) is 0.667. The lowest BCUT2D eigenvalue weighted by molar-refractivity contribution is 0.567. The molecule has 0 aliphatic rings. The summed E-state index contributed by atoms with van der Waals surface area (Å²) in [6.07, 6.45) is 8.96. The molecule has 0 N–H and O–H groups in total. The van der Waals surface area contributed by atoms with E-state index in [9.17, 15) is 0 Å². The van der Waals surface area contributed by atoms with Gasteiger partial charge in [-0.1, -0.05) is 12.1 Å². The molecule has 17 heavy (non-hydrogen) atoms. The van der Waals surface area contributed by atoms with Crippen molar-refractivity contribution >= 4 is 23.2 Å². The van der Waals surface area contributed by atoms with E-state index in [1.807, 2.05) is 42.5 Å². The zero-order chi connectivity index (χ0) is 11.5. The number of para-hydroxylation sites is 2. The van der Waals surface area contributed by atoms with Crippen LogP contribution in [-0.2, 0) is 0 Å². The SMILES string of the molecule is C(=Cc1cnc2ccccc2n1)c1ccoc1. The van der Waals surface area contributed by atoms with Crippen LogP contribution in [0, 0.1) is 0 Å². The van der Waals surface area contributed by atoms with Crippen LogP contribution in [0.15, 0.2) is 53.5 Å². The molecule has 0 saturated carbocycles. The molecule has 0 bridgehead atoms. The zero-order valence-corrected chi connectivity index (χ0v) is 9.08. The molecule has 1 aromatic carbocycles. The average molecular weight is 222 g/mol. The Balaban J connectivity index is 1.96. The molecule has 3 rings (SSSR count). The molecule has 0 amide bonds. The smallest absolute Gasteiger partial charge is 0.0974 e. The van der Waals surface area contributed by atoms with Gasteiger partial charge in [0.15, 0.2) is 0 Å². The summed E-state index contributed by atoms with van der Waals surface area (Å²) in [7, 11) is 0. The molecular formula is C14H10N2O. The first kappa shape index (κ1) is 9.78. The summed E-state index contributed by atoms with van der Waals surface area (Å²) in [6, 6.07) is 9.72. The van der Waals surface area contributed by atoms with Gasteiger partial charge < -0.3 is 4.42 Å². The Hall–Kier alpha value is -2.42. The Labute approximate surface area is 98.4 Å². The van der Waals surface area contributed by atoms with Crippen molar-refractivity contribution in [2.45, 2.75) is 0 Å². The second-order valence-electron chi connectivity index (χ2n) is 3.67. The van der Waals surface area contributed by atoms with Crippen LogP contribution in [0.4, 0.5) is 0 Å². The molecule has 2 aromatic heterocycles. The van der Waals surface area contributed by atoms with Crippen molar-refractivity contribution in [3.8, 4) is 0 Å². The average Bonchev–Trinajstić information content (AvgIpc) is 2.89. The van der Waals surface area contributed by atoms with Gasteiger partial charge in [-0.2, -0.15) is 0 Å². The molecule has 0 spiro atoms. The normalized spacial score (nSPS) is 11.3. The van der Waals surface area contributed by atoms with Crippen molar-refractivity contribution in [3.63, 3.8) is 0 Å². The van der Waals surface area contributed by atoms with Gasteiger partial charge in [-0.3, -0.25) is 4.98 Å².